The number of nitrogens with zero attached hydrogens (tertiary/aromatic N) is 1. The fourth-order valence-corrected chi connectivity index (χ4v) is 3.32. The van der Waals surface area contributed by atoms with Crippen molar-refractivity contribution >= 4 is 16.9 Å². The lowest BCUT2D eigenvalue weighted by atomic mass is 9.84. The molecular weight excluding hydrogens is 286 g/mol. The number of carbonyl (C=O) groups is 1. The minimum Gasteiger partial charge on any atom is -0.478 e. The van der Waals surface area contributed by atoms with Crippen LogP contribution in [-0.4, -0.2) is 15.6 Å². The Hall–Kier alpha value is -1.77. The minimum atomic E-state index is -0.834. The minimum absolute atomic E-state index is 0.0666. The lowest BCUT2D eigenvalue weighted by Crippen LogP contribution is -2.13. The Bertz CT molecular complexity index is 732. The predicted octanol–water partition coefficient (Wildman–Crippen LogP) is 5.31. The lowest BCUT2D eigenvalue weighted by Gasteiger charge is -2.20. The van der Waals surface area contributed by atoms with Crippen LogP contribution >= 0.6 is 0 Å². The van der Waals surface area contributed by atoms with Crippen LogP contribution in [0.15, 0.2) is 12.1 Å². The second kappa shape index (κ2) is 6.38. The van der Waals surface area contributed by atoms with Gasteiger partial charge in [0.1, 0.15) is 0 Å². The summed E-state index contributed by atoms with van der Waals surface area (Å²) in [5, 5.41) is 10.9. The predicted molar refractivity (Wildman–Crippen MR) is 96.6 cm³/mol. The van der Waals surface area contributed by atoms with Crippen molar-refractivity contribution in [3.63, 3.8) is 0 Å². The van der Waals surface area contributed by atoms with Gasteiger partial charge >= 0.3 is 5.97 Å². The van der Waals surface area contributed by atoms with Crippen LogP contribution in [0.3, 0.4) is 0 Å². The molecule has 0 aliphatic rings. The summed E-state index contributed by atoms with van der Waals surface area (Å²) in [6, 6.07) is 4.07. The maximum absolute atomic E-state index is 11.9. The monoisotopic (exact) mass is 315 g/mol. The SMILES string of the molecule is CCCCn1c(C)c(CC)c2cc(C(C)(C)C)cc(C(=O)O)c21. The van der Waals surface area contributed by atoms with E-state index < -0.39 is 5.97 Å². The largest absolute Gasteiger partial charge is 0.478 e. The molecule has 1 aromatic carbocycles. The molecular formula is C20H29NO2. The molecule has 0 aliphatic heterocycles. The van der Waals surface area contributed by atoms with Crippen molar-refractivity contribution in [2.24, 2.45) is 0 Å². The Morgan fingerprint density at radius 1 is 1.22 bits per heavy atom. The summed E-state index contributed by atoms with van der Waals surface area (Å²) >= 11 is 0. The Kier molecular flexibility index (Phi) is 4.88. The van der Waals surface area contributed by atoms with Gasteiger partial charge in [-0.25, -0.2) is 4.79 Å². The van der Waals surface area contributed by atoms with Crippen LogP contribution in [0, 0.1) is 6.92 Å². The number of hydrogen-bond acceptors (Lipinski definition) is 1. The number of rotatable bonds is 5. The van der Waals surface area contributed by atoms with E-state index in [0.29, 0.717) is 5.56 Å². The van der Waals surface area contributed by atoms with Gasteiger partial charge in [-0.15, -0.1) is 0 Å². The molecule has 126 valence electrons. The normalized spacial score (nSPS) is 12.1. The summed E-state index contributed by atoms with van der Waals surface area (Å²) < 4.78 is 2.22. The van der Waals surface area contributed by atoms with E-state index in [2.05, 4.69) is 52.2 Å². The lowest BCUT2D eigenvalue weighted by molar-refractivity contribution is 0.0698. The highest BCUT2D eigenvalue weighted by molar-refractivity contribution is 6.04. The van der Waals surface area contributed by atoms with Gasteiger partial charge in [0.05, 0.1) is 11.1 Å². The average molecular weight is 315 g/mol. The van der Waals surface area contributed by atoms with Gasteiger partial charge in [0.25, 0.3) is 0 Å². The van der Waals surface area contributed by atoms with E-state index in [9.17, 15) is 9.90 Å². The summed E-state index contributed by atoms with van der Waals surface area (Å²) in [7, 11) is 0. The molecule has 3 nitrogen and oxygen atoms in total. The Labute approximate surface area is 139 Å². The summed E-state index contributed by atoms with van der Waals surface area (Å²) in [5.74, 6) is -0.834. The van der Waals surface area contributed by atoms with Crippen LogP contribution in [0.25, 0.3) is 10.9 Å². The van der Waals surface area contributed by atoms with Gasteiger partial charge in [-0.05, 0) is 48.4 Å². The van der Waals surface area contributed by atoms with Gasteiger partial charge in [-0.1, -0.05) is 41.0 Å². The fraction of sp³-hybridized carbons (Fsp3) is 0.550. The maximum atomic E-state index is 11.9. The first kappa shape index (κ1) is 17.6. The Morgan fingerprint density at radius 3 is 2.35 bits per heavy atom. The van der Waals surface area contributed by atoms with Crippen molar-refractivity contribution in [2.45, 2.75) is 72.8 Å². The number of hydrogen-bond donors (Lipinski definition) is 1. The van der Waals surface area contributed by atoms with E-state index in [1.807, 2.05) is 6.07 Å². The topological polar surface area (TPSA) is 42.2 Å². The zero-order valence-corrected chi connectivity index (χ0v) is 15.3. The molecule has 0 amide bonds. The van der Waals surface area contributed by atoms with E-state index >= 15 is 0 Å². The number of carboxylic acids is 1. The van der Waals surface area contributed by atoms with Gasteiger partial charge in [-0.2, -0.15) is 0 Å². The summed E-state index contributed by atoms with van der Waals surface area (Å²) in [6.07, 6.45) is 3.09. The maximum Gasteiger partial charge on any atom is 0.337 e. The summed E-state index contributed by atoms with van der Waals surface area (Å²) in [6.45, 7) is 13.7. The van der Waals surface area contributed by atoms with Crippen LogP contribution in [0.4, 0.5) is 0 Å². The molecule has 1 N–H and O–H groups in total. The van der Waals surface area contributed by atoms with Gasteiger partial charge in [-0.3, -0.25) is 0 Å². The number of benzene rings is 1. The third-order valence-corrected chi connectivity index (χ3v) is 4.73. The smallest absolute Gasteiger partial charge is 0.337 e. The first-order chi connectivity index (χ1) is 10.7. The van der Waals surface area contributed by atoms with Gasteiger partial charge in [0, 0.05) is 17.6 Å². The molecule has 1 aromatic heterocycles. The molecule has 2 aromatic rings. The molecule has 23 heavy (non-hydrogen) atoms. The van der Waals surface area contributed by atoms with Crippen LogP contribution in [0.5, 0.6) is 0 Å². The number of aryl methyl sites for hydroxylation is 2. The summed E-state index contributed by atoms with van der Waals surface area (Å²) in [4.78, 5) is 11.9. The zero-order valence-electron chi connectivity index (χ0n) is 15.3. The van der Waals surface area contributed by atoms with Crippen molar-refractivity contribution in [1.82, 2.24) is 4.57 Å². The van der Waals surface area contributed by atoms with Crippen molar-refractivity contribution < 1.29 is 9.90 Å². The molecule has 0 saturated carbocycles. The van der Waals surface area contributed by atoms with Gasteiger partial charge < -0.3 is 9.67 Å². The number of aromatic carboxylic acids is 1. The quantitative estimate of drug-likeness (QED) is 0.812. The number of carboxylic acid groups (broad SMARTS) is 1. The van der Waals surface area contributed by atoms with Crippen LogP contribution in [-0.2, 0) is 18.4 Å². The molecule has 0 fully saturated rings. The Morgan fingerprint density at radius 2 is 1.87 bits per heavy atom. The van der Waals surface area contributed by atoms with Crippen LogP contribution in [0.1, 0.15) is 74.6 Å². The molecule has 0 atom stereocenters. The molecule has 2 rings (SSSR count). The first-order valence-electron chi connectivity index (χ1n) is 8.61. The molecule has 0 unspecified atom stereocenters. The van der Waals surface area contributed by atoms with E-state index in [4.69, 9.17) is 0 Å². The van der Waals surface area contributed by atoms with Gasteiger partial charge in [0.2, 0.25) is 0 Å². The fourth-order valence-electron chi connectivity index (χ4n) is 3.32. The van der Waals surface area contributed by atoms with Crippen LogP contribution < -0.4 is 0 Å². The number of aromatic nitrogens is 1. The van der Waals surface area contributed by atoms with Gasteiger partial charge in [0.15, 0.2) is 0 Å². The molecule has 0 bridgehead atoms. The van der Waals surface area contributed by atoms with Crippen molar-refractivity contribution in [2.75, 3.05) is 0 Å². The highest BCUT2D eigenvalue weighted by Crippen LogP contribution is 2.34. The Balaban J connectivity index is 2.88. The summed E-state index contributed by atoms with van der Waals surface area (Å²) in [5.41, 5.74) is 4.85. The van der Waals surface area contributed by atoms with E-state index in [-0.39, 0.29) is 5.41 Å². The van der Waals surface area contributed by atoms with E-state index in [1.165, 1.54) is 11.3 Å². The van der Waals surface area contributed by atoms with E-state index in [0.717, 1.165) is 42.3 Å². The highest BCUT2D eigenvalue weighted by Gasteiger charge is 2.23. The molecule has 1 heterocycles. The average Bonchev–Trinajstić information content (AvgIpc) is 2.74. The third-order valence-electron chi connectivity index (χ3n) is 4.73. The molecule has 3 heteroatoms. The molecule has 0 radical (unpaired) electrons. The highest BCUT2D eigenvalue weighted by atomic mass is 16.4. The van der Waals surface area contributed by atoms with Crippen LogP contribution in [0.2, 0.25) is 0 Å². The molecule has 0 saturated heterocycles. The third kappa shape index (κ3) is 3.15. The van der Waals surface area contributed by atoms with Crippen molar-refractivity contribution in [1.29, 1.82) is 0 Å². The molecule has 0 spiro atoms. The second-order valence-electron chi connectivity index (χ2n) is 7.40. The molecule has 0 aliphatic carbocycles. The second-order valence-corrected chi connectivity index (χ2v) is 7.40. The number of fused-ring (bicyclic) bond motifs is 1. The number of unbranched alkanes of at least 4 members (excludes halogenated alkanes) is 1. The zero-order chi connectivity index (χ0) is 17.4. The van der Waals surface area contributed by atoms with Crippen molar-refractivity contribution in [3.05, 3.63) is 34.5 Å². The standard InChI is InChI=1S/C20H29NO2/c1-7-9-10-21-13(3)15(8-2)16-11-14(20(4,5)6)12-17(18(16)21)19(22)23/h11-12H,7-10H2,1-6H3,(H,22,23). The first-order valence-corrected chi connectivity index (χ1v) is 8.61. The van der Waals surface area contributed by atoms with E-state index in [1.54, 1.807) is 0 Å². The van der Waals surface area contributed by atoms with Crippen molar-refractivity contribution in [3.8, 4) is 0 Å².